The lowest BCUT2D eigenvalue weighted by Gasteiger charge is -2.05. The first-order valence-corrected chi connectivity index (χ1v) is 7.84. The van der Waals surface area contributed by atoms with Gasteiger partial charge in [0.25, 0.3) is 0 Å². The number of allylic oxidation sites excluding steroid dienone is 1. The van der Waals surface area contributed by atoms with Gasteiger partial charge in [-0.05, 0) is 24.5 Å². The Bertz CT molecular complexity index is 783. The highest BCUT2D eigenvalue weighted by molar-refractivity contribution is 7.13. The third kappa shape index (κ3) is 2.76. The zero-order valence-corrected chi connectivity index (χ0v) is 12.5. The van der Waals surface area contributed by atoms with Crippen LogP contribution in [0.5, 0.6) is 0 Å². The van der Waals surface area contributed by atoms with E-state index in [-0.39, 0.29) is 5.00 Å². The number of nitriles is 1. The summed E-state index contributed by atoms with van der Waals surface area (Å²) in [6.45, 7) is 0.806. The number of thiophene rings is 1. The molecule has 0 bridgehead atoms. The molecule has 0 spiro atoms. The lowest BCUT2D eigenvalue weighted by molar-refractivity contribution is -0.380. The summed E-state index contributed by atoms with van der Waals surface area (Å²) in [5, 5.41) is 30.2. The van der Waals surface area contributed by atoms with E-state index in [1.165, 1.54) is 6.07 Å². The van der Waals surface area contributed by atoms with Gasteiger partial charge in [-0.1, -0.05) is 17.8 Å². The molecule has 0 saturated heterocycles. The molecule has 2 aromatic heterocycles. The van der Waals surface area contributed by atoms with Crippen molar-refractivity contribution in [1.29, 1.82) is 5.26 Å². The number of aromatic nitrogens is 3. The summed E-state index contributed by atoms with van der Waals surface area (Å²) in [5.74, 6) is 1.46. The number of hydrogen-bond donors (Lipinski definition) is 0. The van der Waals surface area contributed by atoms with Crippen LogP contribution in [0.3, 0.4) is 0 Å². The number of nitrogens with zero attached hydrogens (tertiary/aromatic N) is 5. The highest BCUT2D eigenvalue weighted by Crippen LogP contribution is 2.26. The van der Waals surface area contributed by atoms with Crippen LogP contribution < -0.4 is 0 Å². The standard InChI is InChI=1S/C14H13N5O2S/c15-8-11(6-10-7-13(19(20)21)22-9-10)14-17-16-12-4-2-1-3-5-18(12)14/h6-7,9H,1-5H2/b11-6-. The third-order valence-electron chi connectivity index (χ3n) is 3.57. The predicted octanol–water partition coefficient (Wildman–Crippen LogP) is 3.04. The number of rotatable bonds is 3. The largest absolute Gasteiger partial charge is 0.324 e. The molecule has 0 atom stereocenters. The van der Waals surface area contributed by atoms with Crippen molar-refractivity contribution in [1.82, 2.24) is 14.8 Å². The van der Waals surface area contributed by atoms with Gasteiger partial charge in [-0.2, -0.15) is 5.26 Å². The van der Waals surface area contributed by atoms with E-state index in [1.54, 1.807) is 11.5 Å². The van der Waals surface area contributed by atoms with E-state index in [0.29, 0.717) is 17.0 Å². The molecule has 0 saturated carbocycles. The maximum absolute atomic E-state index is 10.7. The fourth-order valence-corrected chi connectivity index (χ4v) is 3.19. The molecule has 0 aliphatic carbocycles. The summed E-state index contributed by atoms with van der Waals surface area (Å²) in [6.07, 6.45) is 5.77. The summed E-state index contributed by atoms with van der Waals surface area (Å²) in [7, 11) is 0. The normalized spacial score (nSPS) is 15.0. The number of aryl methyl sites for hydroxylation is 1. The van der Waals surface area contributed by atoms with Crippen molar-refractivity contribution in [2.75, 3.05) is 0 Å². The molecule has 22 heavy (non-hydrogen) atoms. The smallest absolute Gasteiger partial charge is 0.310 e. The van der Waals surface area contributed by atoms with Crippen LogP contribution >= 0.6 is 11.3 Å². The quantitative estimate of drug-likeness (QED) is 0.492. The van der Waals surface area contributed by atoms with Gasteiger partial charge in [0.05, 0.1) is 10.5 Å². The van der Waals surface area contributed by atoms with E-state index < -0.39 is 4.92 Å². The third-order valence-corrected chi connectivity index (χ3v) is 4.47. The fourth-order valence-electron chi connectivity index (χ4n) is 2.51. The highest BCUT2D eigenvalue weighted by atomic mass is 32.1. The van der Waals surface area contributed by atoms with E-state index >= 15 is 0 Å². The van der Waals surface area contributed by atoms with Gasteiger partial charge in [-0.3, -0.25) is 10.1 Å². The molecular formula is C14H13N5O2S. The van der Waals surface area contributed by atoms with Crippen LogP contribution in [-0.2, 0) is 13.0 Å². The SMILES string of the molecule is N#C/C(=C/c1csc([N+](=O)[O-])c1)c1nnc2n1CCCCC2. The molecule has 0 aromatic carbocycles. The second-order valence-electron chi connectivity index (χ2n) is 5.05. The first-order chi connectivity index (χ1) is 10.7. The van der Waals surface area contributed by atoms with Gasteiger partial charge in [0, 0.05) is 24.4 Å². The minimum Gasteiger partial charge on any atom is -0.310 e. The molecule has 2 aromatic rings. The van der Waals surface area contributed by atoms with Gasteiger partial charge in [-0.25, -0.2) is 0 Å². The van der Waals surface area contributed by atoms with Crippen molar-refractivity contribution in [2.45, 2.75) is 32.2 Å². The minimum absolute atomic E-state index is 0.0589. The van der Waals surface area contributed by atoms with Crippen LogP contribution in [0, 0.1) is 21.4 Å². The Labute approximate surface area is 130 Å². The van der Waals surface area contributed by atoms with Crippen molar-refractivity contribution in [2.24, 2.45) is 0 Å². The second-order valence-corrected chi connectivity index (χ2v) is 5.94. The van der Waals surface area contributed by atoms with Crippen LogP contribution in [0.15, 0.2) is 11.4 Å². The maximum atomic E-state index is 10.7. The van der Waals surface area contributed by atoms with Gasteiger partial charge in [0.2, 0.25) is 0 Å². The van der Waals surface area contributed by atoms with E-state index in [1.807, 2.05) is 4.57 Å². The number of hydrogen-bond acceptors (Lipinski definition) is 6. The molecule has 0 radical (unpaired) electrons. The molecule has 0 amide bonds. The average Bonchev–Trinajstić information content (AvgIpc) is 3.06. The average molecular weight is 315 g/mol. The Hall–Kier alpha value is -2.53. The van der Waals surface area contributed by atoms with Gasteiger partial charge >= 0.3 is 5.00 Å². The molecule has 0 N–H and O–H groups in total. The summed E-state index contributed by atoms with van der Waals surface area (Å²) in [6, 6.07) is 3.59. The van der Waals surface area contributed by atoms with Crippen LogP contribution in [0.2, 0.25) is 0 Å². The molecule has 3 heterocycles. The van der Waals surface area contributed by atoms with Crippen molar-refractivity contribution in [3.8, 4) is 6.07 Å². The predicted molar refractivity (Wildman–Crippen MR) is 82.0 cm³/mol. The Kier molecular flexibility index (Phi) is 3.98. The van der Waals surface area contributed by atoms with E-state index in [9.17, 15) is 15.4 Å². The molecule has 1 aliphatic rings. The number of fused-ring (bicyclic) bond motifs is 1. The minimum atomic E-state index is -0.433. The Balaban J connectivity index is 1.97. The Morgan fingerprint density at radius 3 is 3.05 bits per heavy atom. The Morgan fingerprint density at radius 2 is 2.32 bits per heavy atom. The van der Waals surface area contributed by atoms with Gasteiger partial charge in [0.15, 0.2) is 5.82 Å². The molecule has 0 unspecified atom stereocenters. The topological polar surface area (TPSA) is 97.6 Å². The van der Waals surface area contributed by atoms with E-state index in [4.69, 9.17) is 0 Å². The van der Waals surface area contributed by atoms with Crippen LogP contribution in [0.4, 0.5) is 5.00 Å². The Morgan fingerprint density at radius 1 is 1.45 bits per heavy atom. The van der Waals surface area contributed by atoms with Gasteiger partial charge in [-0.15, -0.1) is 10.2 Å². The molecule has 8 heteroatoms. The first kappa shape index (κ1) is 14.4. The van der Waals surface area contributed by atoms with Crippen molar-refractivity contribution in [3.63, 3.8) is 0 Å². The van der Waals surface area contributed by atoms with Crippen molar-refractivity contribution in [3.05, 3.63) is 38.8 Å². The first-order valence-electron chi connectivity index (χ1n) is 6.96. The maximum Gasteiger partial charge on any atom is 0.324 e. The highest BCUT2D eigenvalue weighted by Gasteiger charge is 2.18. The summed E-state index contributed by atoms with van der Waals surface area (Å²) < 4.78 is 1.99. The molecular weight excluding hydrogens is 302 g/mol. The molecule has 112 valence electrons. The summed E-state index contributed by atoms with van der Waals surface area (Å²) in [5.41, 5.74) is 1.02. The van der Waals surface area contributed by atoms with E-state index in [2.05, 4.69) is 16.3 Å². The van der Waals surface area contributed by atoms with Gasteiger partial charge < -0.3 is 4.57 Å². The summed E-state index contributed by atoms with van der Waals surface area (Å²) >= 11 is 1.04. The monoisotopic (exact) mass is 315 g/mol. The summed E-state index contributed by atoms with van der Waals surface area (Å²) in [4.78, 5) is 10.3. The number of nitro groups is 1. The van der Waals surface area contributed by atoms with Crippen molar-refractivity contribution >= 4 is 28.0 Å². The van der Waals surface area contributed by atoms with Crippen LogP contribution in [0.25, 0.3) is 11.6 Å². The zero-order chi connectivity index (χ0) is 15.5. The lowest BCUT2D eigenvalue weighted by atomic mass is 10.2. The van der Waals surface area contributed by atoms with Crippen LogP contribution in [0.1, 0.15) is 36.5 Å². The lowest BCUT2D eigenvalue weighted by Crippen LogP contribution is -2.05. The molecule has 7 nitrogen and oxygen atoms in total. The van der Waals surface area contributed by atoms with Gasteiger partial charge in [0.1, 0.15) is 11.9 Å². The molecule has 1 aliphatic heterocycles. The zero-order valence-electron chi connectivity index (χ0n) is 11.7. The molecule has 0 fully saturated rings. The fraction of sp³-hybridized carbons (Fsp3) is 0.357. The second kappa shape index (κ2) is 6.07. The van der Waals surface area contributed by atoms with Crippen LogP contribution in [-0.4, -0.2) is 19.7 Å². The van der Waals surface area contributed by atoms with Crippen molar-refractivity contribution < 1.29 is 4.92 Å². The molecule has 3 rings (SSSR count). The van der Waals surface area contributed by atoms with E-state index in [0.717, 1.165) is 49.4 Å².